The molecule has 2 aliphatic rings. The van der Waals surface area contributed by atoms with Crippen molar-refractivity contribution in [2.45, 2.75) is 38.1 Å². The molecule has 2 N–H and O–H groups in total. The third-order valence-electron chi connectivity index (χ3n) is 5.08. The van der Waals surface area contributed by atoms with Crippen LogP contribution in [-0.4, -0.2) is 40.3 Å². The second kappa shape index (κ2) is 7.49. The van der Waals surface area contributed by atoms with Gasteiger partial charge in [-0.2, -0.15) is 5.10 Å². The molecule has 2 aromatic heterocycles. The minimum atomic E-state index is 0. The number of nitrogens with zero attached hydrogens (tertiary/aromatic N) is 3. The summed E-state index contributed by atoms with van der Waals surface area (Å²) in [6.45, 7) is 3.33. The number of hydrogen-bond donors (Lipinski definition) is 2. The summed E-state index contributed by atoms with van der Waals surface area (Å²) in [5.41, 5.74) is 2.07. The SMILES string of the molecule is Cl.O=C(NCCn1nc(C2CCNC2)c2cccnc21)C1CCC1. The van der Waals surface area contributed by atoms with Gasteiger partial charge in [-0.25, -0.2) is 9.67 Å². The lowest BCUT2D eigenvalue weighted by Gasteiger charge is -2.23. The van der Waals surface area contributed by atoms with Crippen molar-refractivity contribution in [2.75, 3.05) is 19.6 Å². The summed E-state index contributed by atoms with van der Waals surface area (Å²) >= 11 is 0. The van der Waals surface area contributed by atoms with Crippen LogP contribution < -0.4 is 10.6 Å². The maximum Gasteiger partial charge on any atom is 0.223 e. The first kappa shape index (κ1) is 17.2. The van der Waals surface area contributed by atoms with Crippen molar-refractivity contribution in [3.63, 3.8) is 0 Å². The van der Waals surface area contributed by atoms with Crippen LogP contribution in [0.15, 0.2) is 18.3 Å². The van der Waals surface area contributed by atoms with Crippen molar-refractivity contribution in [1.29, 1.82) is 0 Å². The molecule has 6 nitrogen and oxygen atoms in total. The Kier molecular flexibility index (Phi) is 5.36. The zero-order chi connectivity index (χ0) is 15.6. The average molecular weight is 350 g/mol. The Bertz CT molecular complexity index is 706. The normalized spacial score (nSPS) is 20.6. The fraction of sp³-hybridized carbons (Fsp3) is 0.588. The lowest BCUT2D eigenvalue weighted by molar-refractivity contribution is -0.127. The van der Waals surface area contributed by atoms with E-state index in [4.69, 9.17) is 5.10 Å². The largest absolute Gasteiger partial charge is 0.354 e. The van der Waals surface area contributed by atoms with E-state index in [1.54, 1.807) is 0 Å². The highest BCUT2D eigenvalue weighted by Gasteiger charge is 2.25. The Morgan fingerprint density at radius 1 is 1.38 bits per heavy atom. The molecule has 0 radical (unpaired) electrons. The summed E-state index contributed by atoms with van der Waals surface area (Å²) in [4.78, 5) is 16.4. The van der Waals surface area contributed by atoms with Gasteiger partial charge < -0.3 is 10.6 Å². The number of halogens is 1. The molecule has 2 aromatic rings. The van der Waals surface area contributed by atoms with E-state index in [9.17, 15) is 4.79 Å². The van der Waals surface area contributed by atoms with E-state index in [0.29, 0.717) is 19.0 Å². The van der Waals surface area contributed by atoms with Crippen LogP contribution in [0.4, 0.5) is 0 Å². The molecular formula is C17H24ClN5O. The quantitative estimate of drug-likeness (QED) is 0.864. The molecular weight excluding hydrogens is 326 g/mol. The van der Waals surface area contributed by atoms with Crippen molar-refractivity contribution in [2.24, 2.45) is 5.92 Å². The van der Waals surface area contributed by atoms with Crippen LogP contribution in [-0.2, 0) is 11.3 Å². The summed E-state index contributed by atoms with van der Waals surface area (Å²) in [6.07, 6.45) is 6.20. The van der Waals surface area contributed by atoms with E-state index in [-0.39, 0.29) is 24.2 Å². The van der Waals surface area contributed by atoms with Crippen LogP contribution >= 0.6 is 12.4 Å². The van der Waals surface area contributed by atoms with Crippen LogP contribution in [0.1, 0.15) is 37.3 Å². The topological polar surface area (TPSA) is 71.8 Å². The molecule has 0 bridgehead atoms. The number of amides is 1. The molecule has 3 heterocycles. The first-order valence-electron chi connectivity index (χ1n) is 8.63. The molecule has 1 saturated heterocycles. The Hall–Kier alpha value is -1.66. The van der Waals surface area contributed by atoms with E-state index in [2.05, 4.69) is 21.7 Å². The van der Waals surface area contributed by atoms with Crippen LogP contribution in [0, 0.1) is 5.92 Å². The molecule has 4 rings (SSSR count). The molecule has 7 heteroatoms. The molecule has 0 aromatic carbocycles. The van der Waals surface area contributed by atoms with Crippen molar-refractivity contribution in [3.8, 4) is 0 Å². The third-order valence-corrected chi connectivity index (χ3v) is 5.08. The highest BCUT2D eigenvalue weighted by molar-refractivity contribution is 5.85. The Balaban J connectivity index is 0.00000169. The molecule has 2 fully saturated rings. The highest BCUT2D eigenvalue weighted by atomic mass is 35.5. The van der Waals surface area contributed by atoms with Gasteiger partial charge in [-0.15, -0.1) is 12.4 Å². The third kappa shape index (κ3) is 3.26. The number of carbonyl (C=O) groups is 1. The minimum absolute atomic E-state index is 0. The van der Waals surface area contributed by atoms with Crippen LogP contribution in [0.3, 0.4) is 0 Å². The molecule has 1 atom stereocenters. The summed E-state index contributed by atoms with van der Waals surface area (Å²) < 4.78 is 1.95. The first-order chi connectivity index (χ1) is 11.3. The number of aromatic nitrogens is 3. The minimum Gasteiger partial charge on any atom is -0.354 e. The summed E-state index contributed by atoms with van der Waals surface area (Å²) in [5.74, 6) is 0.899. The zero-order valence-electron chi connectivity index (χ0n) is 13.7. The number of pyridine rings is 1. The fourth-order valence-corrected chi connectivity index (χ4v) is 3.48. The Labute approximate surface area is 147 Å². The lowest BCUT2D eigenvalue weighted by Crippen LogP contribution is -2.36. The van der Waals surface area contributed by atoms with Crippen molar-refractivity contribution in [1.82, 2.24) is 25.4 Å². The van der Waals surface area contributed by atoms with Crippen molar-refractivity contribution >= 4 is 29.3 Å². The van der Waals surface area contributed by atoms with Crippen LogP contribution in [0.2, 0.25) is 0 Å². The second-order valence-electron chi connectivity index (χ2n) is 6.59. The number of nitrogens with one attached hydrogen (secondary N) is 2. The lowest BCUT2D eigenvalue weighted by atomic mass is 9.85. The van der Waals surface area contributed by atoms with Gasteiger partial charge in [0.25, 0.3) is 0 Å². The van der Waals surface area contributed by atoms with Crippen LogP contribution in [0.5, 0.6) is 0 Å². The summed E-state index contributed by atoms with van der Waals surface area (Å²) in [6, 6.07) is 4.07. The molecule has 0 spiro atoms. The fourth-order valence-electron chi connectivity index (χ4n) is 3.48. The molecule has 24 heavy (non-hydrogen) atoms. The number of hydrogen-bond acceptors (Lipinski definition) is 4. The summed E-state index contributed by atoms with van der Waals surface area (Å²) in [5, 5.41) is 12.4. The first-order valence-corrected chi connectivity index (χ1v) is 8.63. The molecule has 1 aliphatic carbocycles. The van der Waals surface area contributed by atoms with Gasteiger partial charge in [0.15, 0.2) is 5.65 Å². The number of rotatable bonds is 5. The average Bonchev–Trinajstić information content (AvgIpc) is 3.13. The molecule has 1 saturated carbocycles. The van der Waals surface area contributed by atoms with Gasteiger partial charge in [0, 0.05) is 36.5 Å². The van der Waals surface area contributed by atoms with Gasteiger partial charge in [0.2, 0.25) is 5.91 Å². The van der Waals surface area contributed by atoms with Crippen molar-refractivity contribution < 1.29 is 4.79 Å². The maximum atomic E-state index is 11.9. The Morgan fingerprint density at radius 2 is 2.25 bits per heavy atom. The molecule has 1 aliphatic heterocycles. The van der Waals surface area contributed by atoms with Gasteiger partial charge in [-0.3, -0.25) is 4.79 Å². The van der Waals surface area contributed by atoms with E-state index in [1.165, 1.54) is 6.42 Å². The Morgan fingerprint density at radius 3 is 2.96 bits per heavy atom. The van der Waals surface area contributed by atoms with E-state index in [0.717, 1.165) is 49.1 Å². The molecule has 130 valence electrons. The second-order valence-corrected chi connectivity index (χ2v) is 6.59. The number of fused-ring (bicyclic) bond motifs is 1. The maximum absolute atomic E-state index is 11.9. The zero-order valence-corrected chi connectivity index (χ0v) is 14.5. The van der Waals surface area contributed by atoms with Gasteiger partial charge in [0.1, 0.15) is 0 Å². The summed E-state index contributed by atoms with van der Waals surface area (Å²) in [7, 11) is 0. The van der Waals surface area contributed by atoms with Crippen LogP contribution in [0.25, 0.3) is 11.0 Å². The predicted octanol–water partition coefficient (Wildman–Crippen LogP) is 1.85. The molecule has 1 amide bonds. The predicted molar refractivity (Wildman–Crippen MR) is 95.4 cm³/mol. The van der Waals surface area contributed by atoms with Gasteiger partial charge in [-0.1, -0.05) is 6.42 Å². The van der Waals surface area contributed by atoms with Gasteiger partial charge in [0.05, 0.1) is 12.2 Å². The van der Waals surface area contributed by atoms with Gasteiger partial charge in [-0.05, 0) is 37.9 Å². The van der Waals surface area contributed by atoms with Gasteiger partial charge >= 0.3 is 0 Å². The van der Waals surface area contributed by atoms with E-state index in [1.807, 2.05) is 16.9 Å². The highest BCUT2D eigenvalue weighted by Crippen LogP contribution is 2.28. The number of carbonyl (C=O) groups excluding carboxylic acids is 1. The van der Waals surface area contributed by atoms with E-state index >= 15 is 0 Å². The standard InChI is InChI=1S/C17H23N5O.ClH/c23-17(12-3-1-4-12)20-9-10-22-16-14(5-2-7-19-16)15(21-22)13-6-8-18-11-13;/h2,5,7,12-13,18H,1,3-4,6,8-11H2,(H,20,23);1H. The van der Waals surface area contributed by atoms with Crippen molar-refractivity contribution in [3.05, 3.63) is 24.0 Å². The molecule has 1 unspecified atom stereocenters. The van der Waals surface area contributed by atoms with E-state index < -0.39 is 0 Å². The monoisotopic (exact) mass is 349 g/mol. The smallest absolute Gasteiger partial charge is 0.223 e.